The molecule has 0 radical (unpaired) electrons. The molecule has 1 aromatic carbocycles. The van der Waals surface area contributed by atoms with Gasteiger partial charge >= 0.3 is 0 Å². The van der Waals surface area contributed by atoms with Gasteiger partial charge in [-0.25, -0.2) is 0 Å². The number of hydrogen-bond donors (Lipinski definition) is 2. The number of nitrogens with one attached hydrogen (secondary N) is 1. The van der Waals surface area contributed by atoms with E-state index in [-0.39, 0.29) is 5.96 Å². The minimum Gasteiger partial charge on any atom is -0.370 e. The smallest absolute Gasteiger partial charge is 0.192 e. The Bertz CT molecular complexity index is 377. The monoisotopic (exact) mass is 231 g/mol. The van der Waals surface area contributed by atoms with Crippen LogP contribution in [0.1, 0.15) is 43.6 Å². The maximum Gasteiger partial charge on any atom is 0.192 e. The van der Waals surface area contributed by atoms with Crippen molar-refractivity contribution in [3.63, 3.8) is 0 Å². The van der Waals surface area contributed by atoms with Crippen molar-refractivity contribution in [1.29, 1.82) is 5.41 Å². The average Bonchev–Trinajstić information content (AvgIpc) is 2.39. The molecule has 3 N–H and O–H groups in total. The van der Waals surface area contributed by atoms with Crippen LogP contribution in [0.5, 0.6) is 0 Å². The van der Waals surface area contributed by atoms with Crippen LogP contribution in [0.25, 0.3) is 0 Å². The van der Waals surface area contributed by atoms with Crippen LogP contribution < -0.4 is 10.6 Å². The number of benzene rings is 1. The van der Waals surface area contributed by atoms with Gasteiger partial charge in [0.1, 0.15) is 0 Å². The summed E-state index contributed by atoms with van der Waals surface area (Å²) in [6.07, 6.45) is 6.75. The van der Waals surface area contributed by atoms with Gasteiger partial charge < -0.3 is 10.6 Å². The predicted octanol–water partition coefficient (Wildman–Crippen LogP) is 3.06. The Hall–Kier alpha value is -1.51. The number of rotatable bonds is 2. The molecule has 1 aromatic rings. The van der Waals surface area contributed by atoms with E-state index in [2.05, 4.69) is 24.3 Å². The van der Waals surface area contributed by atoms with Crippen molar-refractivity contribution in [2.45, 2.75) is 38.0 Å². The van der Waals surface area contributed by atoms with E-state index in [9.17, 15) is 0 Å². The van der Waals surface area contributed by atoms with Crippen molar-refractivity contribution < 1.29 is 0 Å². The molecule has 0 aromatic heterocycles. The summed E-state index contributed by atoms with van der Waals surface area (Å²) in [4.78, 5) is 1.69. The van der Waals surface area contributed by atoms with Crippen LogP contribution in [0.4, 0.5) is 5.69 Å². The van der Waals surface area contributed by atoms with Gasteiger partial charge in [-0.15, -0.1) is 0 Å². The SMILES string of the molecule is CN(C(=N)N)c1ccc(C2CCCCC2)cc1. The molecule has 1 aliphatic carbocycles. The third-order valence-corrected chi connectivity index (χ3v) is 3.72. The van der Waals surface area contributed by atoms with Crippen LogP contribution in [0.2, 0.25) is 0 Å². The van der Waals surface area contributed by atoms with Crippen LogP contribution in [-0.4, -0.2) is 13.0 Å². The summed E-state index contributed by atoms with van der Waals surface area (Å²) in [7, 11) is 1.82. The highest BCUT2D eigenvalue weighted by Gasteiger charge is 2.15. The molecule has 17 heavy (non-hydrogen) atoms. The summed E-state index contributed by atoms with van der Waals surface area (Å²) in [5.41, 5.74) is 7.88. The van der Waals surface area contributed by atoms with Crippen molar-refractivity contribution in [3.05, 3.63) is 29.8 Å². The molecule has 0 atom stereocenters. The summed E-state index contributed by atoms with van der Waals surface area (Å²) in [5.74, 6) is 0.816. The molecule has 0 spiro atoms. The Balaban J connectivity index is 2.09. The molecule has 2 rings (SSSR count). The summed E-state index contributed by atoms with van der Waals surface area (Å²) in [5, 5.41) is 7.39. The quantitative estimate of drug-likeness (QED) is 0.607. The van der Waals surface area contributed by atoms with Gasteiger partial charge in [-0.05, 0) is 36.5 Å². The molecule has 1 fully saturated rings. The lowest BCUT2D eigenvalue weighted by Gasteiger charge is -2.23. The Labute approximate surface area is 103 Å². The van der Waals surface area contributed by atoms with E-state index in [1.165, 1.54) is 37.7 Å². The lowest BCUT2D eigenvalue weighted by molar-refractivity contribution is 0.443. The Morgan fingerprint density at radius 1 is 1.18 bits per heavy atom. The van der Waals surface area contributed by atoms with Gasteiger partial charge in [0.2, 0.25) is 0 Å². The van der Waals surface area contributed by atoms with E-state index < -0.39 is 0 Å². The maximum atomic E-state index is 7.39. The van der Waals surface area contributed by atoms with Crippen molar-refractivity contribution in [2.24, 2.45) is 5.73 Å². The summed E-state index contributed by atoms with van der Waals surface area (Å²) in [6, 6.07) is 8.49. The highest BCUT2D eigenvalue weighted by molar-refractivity contribution is 5.91. The van der Waals surface area contributed by atoms with Gasteiger partial charge in [-0.2, -0.15) is 0 Å². The fourth-order valence-corrected chi connectivity index (χ4v) is 2.55. The molecule has 0 bridgehead atoms. The van der Waals surface area contributed by atoms with Gasteiger partial charge in [-0.3, -0.25) is 5.41 Å². The van der Waals surface area contributed by atoms with Crippen LogP contribution in [0, 0.1) is 5.41 Å². The third-order valence-electron chi connectivity index (χ3n) is 3.72. The van der Waals surface area contributed by atoms with Crippen molar-refractivity contribution >= 4 is 11.6 Å². The van der Waals surface area contributed by atoms with E-state index in [4.69, 9.17) is 11.1 Å². The fourth-order valence-electron chi connectivity index (χ4n) is 2.55. The van der Waals surface area contributed by atoms with Gasteiger partial charge in [0, 0.05) is 12.7 Å². The first-order valence-electron chi connectivity index (χ1n) is 6.36. The molecule has 1 saturated carbocycles. The number of nitrogens with two attached hydrogens (primary N) is 1. The zero-order valence-corrected chi connectivity index (χ0v) is 10.4. The third kappa shape index (κ3) is 2.78. The largest absolute Gasteiger partial charge is 0.370 e. The first-order chi connectivity index (χ1) is 8.18. The van der Waals surface area contributed by atoms with E-state index in [0.717, 1.165) is 11.6 Å². The van der Waals surface area contributed by atoms with E-state index in [1.54, 1.807) is 4.90 Å². The molecule has 0 saturated heterocycles. The van der Waals surface area contributed by atoms with Crippen LogP contribution in [0.15, 0.2) is 24.3 Å². The normalized spacial score (nSPS) is 16.8. The summed E-state index contributed by atoms with van der Waals surface area (Å²) >= 11 is 0. The first-order valence-corrected chi connectivity index (χ1v) is 6.36. The van der Waals surface area contributed by atoms with Gasteiger partial charge in [0.15, 0.2) is 5.96 Å². The zero-order chi connectivity index (χ0) is 12.3. The van der Waals surface area contributed by atoms with Crippen molar-refractivity contribution in [3.8, 4) is 0 Å². The molecular formula is C14H21N3. The van der Waals surface area contributed by atoms with Crippen molar-refractivity contribution in [2.75, 3.05) is 11.9 Å². The van der Waals surface area contributed by atoms with Gasteiger partial charge in [0.05, 0.1) is 0 Å². The number of guanidine groups is 1. The molecule has 1 aliphatic rings. The number of hydrogen-bond acceptors (Lipinski definition) is 1. The number of nitrogens with zero attached hydrogens (tertiary/aromatic N) is 1. The molecule has 3 nitrogen and oxygen atoms in total. The second-order valence-electron chi connectivity index (χ2n) is 4.87. The number of anilines is 1. The first kappa shape index (κ1) is 12.0. The lowest BCUT2D eigenvalue weighted by Crippen LogP contribution is -2.32. The average molecular weight is 231 g/mol. The lowest BCUT2D eigenvalue weighted by atomic mass is 9.84. The molecule has 0 unspecified atom stereocenters. The topological polar surface area (TPSA) is 53.1 Å². The Kier molecular flexibility index (Phi) is 3.67. The standard InChI is InChI=1S/C14H21N3/c1-17(14(15)16)13-9-7-12(8-10-13)11-5-3-2-4-6-11/h7-11H,2-6H2,1H3,(H3,15,16). The zero-order valence-electron chi connectivity index (χ0n) is 10.4. The van der Waals surface area contributed by atoms with Crippen LogP contribution >= 0.6 is 0 Å². The highest BCUT2D eigenvalue weighted by Crippen LogP contribution is 2.33. The second kappa shape index (κ2) is 5.21. The predicted molar refractivity (Wildman–Crippen MR) is 72.6 cm³/mol. The Morgan fingerprint density at radius 2 is 1.76 bits per heavy atom. The van der Waals surface area contributed by atoms with Crippen molar-refractivity contribution in [1.82, 2.24) is 0 Å². The highest BCUT2D eigenvalue weighted by atomic mass is 15.2. The van der Waals surface area contributed by atoms with E-state index in [1.807, 2.05) is 7.05 Å². The maximum absolute atomic E-state index is 7.39. The van der Waals surface area contributed by atoms with Crippen LogP contribution in [0.3, 0.4) is 0 Å². The Morgan fingerprint density at radius 3 is 2.29 bits per heavy atom. The fraction of sp³-hybridized carbons (Fsp3) is 0.500. The van der Waals surface area contributed by atoms with Gasteiger partial charge in [0.25, 0.3) is 0 Å². The molecule has 0 heterocycles. The summed E-state index contributed by atoms with van der Waals surface area (Å²) in [6.45, 7) is 0. The second-order valence-corrected chi connectivity index (χ2v) is 4.87. The molecule has 0 aliphatic heterocycles. The van der Waals surface area contributed by atoms with E-state index in [0.29, 0.717) is 0 Å². The van der Waals surface area contributed by atoms with E-state index >= 15 is 0 Å². The molecular weight excluding hydrogens is 210 g/mol. The minimum absolute atomic E-state index is 0.0791. The minimum atomic E-state index is 0.0791. The molecule has 0 amide bonds. The van der Waals surface area contributed by atoms with Crippen LogP contribution in [-0.2, 0) is 0 Å². The van der Waals surface area contributed by atoms with Gasteiger partial charge in [-0.1, -0.05) is 31.4 Å². The summed E-state index contributed by atoms with van der Waals surface area (Å²) < 4.78 is 0. The molecule has 92 valence electrons. The molecule has 3 heteroatoms.